The largest absolute Gasteiger partial charge is 0.251 e. The summed E-state index contributed by atoms with van der Waals surface area (Å²) in [7, 11) is 0. The quantitative estimate of drug-likeness (QED) is 0.615. The summed E-state index contributed by atoms with van der Waals surface area (Å²) in [6.45, 7) is 1.72. The van der Waals surface area contributed by atoms with Crippen LogP contribution >= 0.6 is 0 Å². The van der Waals surface area contributed by atoms with E-state index in [4.69, 9.17) is 0 Å². The molecule has 60 valence electrons. The van der Waals surface area contributed by atoms with E-state index in [0.29, 0.717) is 5.82 Å². The van der Waals surface area contributed by atoms with E-state index >= 15 is 0 Å². The van der Waals surface area contributed by atoms with Gasteiger partial charge in [-0.1, -0.05) is 0 Å². The average molecular weight is 163 g/mol. The molecule has 7 nitrogen and oxygen atoms in total. The third kappa shape index (κ3) is 0.949. The third-order valence-electron chi connectivity index (χ3n) is 1.44. The molecule has 2 heterocycles. The molecule has 0 N–H and O–H groups in total. The molecule has 0 saturated carbocycles. The Morgan fingerprint density at radius 1 is 1.08 bits per heavy atom. The van der Waals surface area contributed by atoms with Gasteiger partial charge in [-0.15, -0.1) is 10.2 Å². The summed E-state index contributed by atoms with van der Waals surface area (Å²) >= 11 is 0. The molecule has 7 heteroatoms. The van der Waals surface area contributed by atoms with Gasteiger partial charge in [-0.2, -0.15) is 0 Å². The summed E-state index contributed by atoms with van der Waals surface area (Å²) in [6.07, 6.45) is 2.77. The maximum absolute atomic E-state index is 3.90. The van der Waals surface area contributed by atoms with Crippen molar-refractivity contribution in [3.63, 3.8) is 0 Å². The first-order chi connectivity index (χ1) is 5.81. The zero-order valence-corrected chi connectivity index (χ0v) is 6.29. The Balaban J connectivity index is 2.43. The Morgan fingerprint density at radius 3 is 2.25 bits per heavy atom. The predicted octanol–water partition coefficient (Wildman–Crippen LogP) is 0.877. The molecule has 1 aromatic rings. The Labute approximate surface area is 67.7 Å². The lowest BCUT2D eigenvalue weighted by Gasteiger charge is -2.09. The lowest BCUT2D eigenvalue weighted by atomic mass is 10.2. The van der Waals surface area contributed by atoms with E-state index < -0.39 is 5.66 Å². The zero-order valence-electron chi connectivity index (χ0n) is 6.29. The number of hydrogen-bond acceptors (Lipinski definition) is 7. The van der Waals surface area contributed by atoms with Gasteiger partial charge in [0.1, 0.15) is 12.7 Å². The first-order valence-corrected chi connectivity index (χ1v) is 3.28. The highest BCUT2D eigenvalue weighted by Gasteiger charge is 2.32. The summed E-state index contributed by atoms with van der Waals surface area (Å²) in [5.41, 5.74) is -0.858. The molecule has 0 fully saturated rings. The second-order valence-electron chi connectivity index (χ2n) is 2.36. The minimum absolute atomic E-state index is 0.447. The van der Waals surface area contributed by atoms with Gasteiger partial charge in [0.25, 0.3) is 5.66 Å². The SMILES string of the molecule is CC1(c2ncncn2)N=NN=N1. The van der Waals surface area contributed by atoms with Crippen LogP contribution in [0.25, 0.3) is 0 Å². The first kappa shape index (κ1) is 6.89. The topological polar surface area (TPSA) is 88.1 Å². The van der Waals surface area contributed by atoms with E-state index in [0.717, 1.165) is 0 Å². The number of nitrogens with zero attached hydrogens (tertiary/aromatic N) is 7. The molecule has 1 aromatic heterocycles. The molecule has 2 rings (SSSR count). The van der Waals surface area contributed by atoms with Crippen molar-refractivity contribution in [1.29, 1.82) is 0 Å². The number of rotatable bonds is 1. The fourth-order valence-electron chi connectivity index (χ4n) is 0.807. The van der Waals surface area contributed by atoms with Crippen LogP contribution in [0.3, 0.4) is 0 Å². The van der Waals surface area contributed by atoms with Crippen molar-refractivity contribution in [1.82, 2.24) is 15.0 Å². The molecule has 0 radical (unpaired) electrons. The maximum Gasteiger partial charge on any atom is 0.251 e. The van der Waals surface area contributed by atoms with Crippen molar-refractivity contribution in [2.24, 2.45) is 20.7 Å². The van der Waals surface area contributed by atoms with E-state index in [1.54, 1.807) is 6.92 Å². The number of hydrogen-bond donors (Lipinski definition) is 0. The van der Waals surface area contributed by atoms with Crippen molar-refractivity contribution in [2.75, 3.05) is 0 Å². The Morgan fingerprint density at radius 2 is 1.67 bits per heavy atom. The van der Waals surface area contributed by atoms with Gasteiger partial charge in [-0.05, 0) is 17.4 Å². The van der Waals surface area contributed by atoms with Crippen LogP contribution in [0.2, 0.25) is 0 Å². The molecule has 0 spiro atoms. The molecule has 1 aliphatic heterocycles. The van der Waals surface area contributed by atoms with Gasteiger partial charge >= 0.3 is 0 Å². The van der Waals surface area contributed by atoms with E-state index in [2.05, 4.69) is 35.6 Å². The normalized spacial score (nSPS) is 18.4. The fourth-order valence-corrected chi connectivity index (χ4v) is 0.807. The monoisotopic (exact) mass is 163 g/mol. The molecule has 0 bridgehead atoms. The van der Waals surface area contributed by atoms with Crippen molar-refractivity contribution in [3.05, 3.63) is 18.5 Å². The van der Waals surface area contributed by atoms with Crippen LogP contribution in [0.15, 0.2) is 33.3 Å². The smallest absolute Gasteiger partial charge is 0.225 e. The Bertz CT molecular complexity index is 317. The fraction of sp³-hybridized carbons (Fsp3) is 0.400. The van der Waals surface area contributed by atoms with Crippen LogP contribution in [0.5, 0.6) is 0 Å². The van der Waals surface area contributed by atoms with Crippen molar-refractivity contribution < 1.29 is 0 Å². The molecule has 0 aliphatic carbocycles. The summed E-state index contributed by atoms with van der Waals surface area (Å²) in [5, 5.41) is 14.3. The standard InChI is InChI=1S/C5H5N7/c1-5(9-11-12-10-5)4-7-2-6-3-8-4/h2-3H,1H3. The van der Waals surface area contributed by atoms with E-state index in [1.807, 2.05) is 0 Å². The molecule has 0 saturated heterocycles. The average Bonchev–Trinajstić information content (AvgIpc) is 2.55. The summed E-state index contributed by atoms with van der Waals surface area (Å²) in [4.78, 5) is 11.5. The van der Waals surface area contributed by atoms with Crippen LogP contribution in [-0.4, -0.2) is 15.0 Å². The van der Waals surface area contributed by atoms with Crippen molar-refractivity contribution >= 4 is 0 Å². The Kier molecular flexibility index (Phi) is 1.36. The van der Waals surface area contributed by atoms with Gasteiger partial charge in [-0.3, -0.25) is 0 Å². The van der Waals surface area contributed by atoms with E-state index in [-0.39, 0.29) is 0 Å². The van der Waals surface area contributed by atoms with Crippen molar-refractivity contribution in [2.45, 2.75) is 12.6 Å². The highest BCUT2D eigenvalue weighted by Crippen LogP contribution is 2.27. The van der Waals surface area contributed by atoms with Crippen LogP contribution in [0, 0.1) is 0 Å². The van der Waals surface area contributed by atoms with E-state index in [1.165, 1.54) is 12.7 Å². The lowest BCUT2D eigenvalue weighted by Crippen LogP contribution is -2.17. The van der Waals surface area contributed by atoms with Crippen molar-refractivity contribution in [3.8, 4) is 0 Å². The van der Waals surface area contributed by atoms with Gasteiger partial charge in [0.15, 0.2) is 5.82 Å². The molecule has 0 aromatic carbocycles. The predicted molar refractivity (Wildman–Crippen MR) is 36.9 cm³/mol. The third-order valence-corrected chi connectivity index (χ3v) is 1.44. The second-order valence-corrected chi connectivity index (χ2v) is 2.36. The molecular formula is C5H5N7. The van der Waals surface area contributed by atoms with Gasteiger partial charge < -0.3 is 0 Å². The Hall–Kier alpha value is -1.79. The molecule has 0 unspecified atom stereocenters. The molecular weight excluding hydrogens is 158 g/mol. The van der Waals surface area contributed by atoms with Gasteiger partial charge in [0, 0.05) is 0 Å². The summed E-state index contributed by atoms with van der Waals surface area (Å²) in [5.74, 6) is 0.447. The molecule has 0 amide bonds. The minimum atomic E-state index is -0.858. The van der Waals surface area contributed by atoms with Crippen LogP contribution in [0.4, 0.5) is 0 Å². The highest BCUT2D eigenvalue weighted by molar-refractivity contribution is 5.00. The number of aromatic nitrogens is 3. The summed E-state index contributed by atoms with van der Waals surface area (Å²) < 4.78 is 0. The maximum atomic E-state index is 3.90. The first-order valence-electron chi connectivity index (χ1n) is 3.28. The van der Waals surface area contributed by atoms with Gasteiger partial charge in [-0.25, -0.2) is 15.0 Å². The minimum Gasteiger partial charge on any atom is -0.225 e. The van der Waals surface area contributed by atoms with Crippen LogP contribution < -0.4 is 0 Å². The molecule has 0 atom stereocenters. The van der Waals surface area contributed by atoms with Crippen LogP contribution in [0.1, 0.15) is 12.7 Å². The van der Waals surface area contributed by atoms with Crippen LogP contribution in [-0.2, 0) is 5.66 Å². The highest BCUT2D eigenvalue weighted by atomic mass is 15.6. The van der Waals surface area contributed by atoms with E-state index in [9.17, 15) is 0 Å². The van der Waals surface area contributed by atoms with Gasteiger partial charge in [0.05, 0.1) is 0 Å². The van der Waals surface area contributed by atoms with Gasteiger partial charge in [0.2, 0.25) is 0 Å². The molecule has 12 heavy (non-hydrogen) atoms. The summed E-state index contributed by atoms with van der Waals surface area (Å²) in [6, 6.07) is 0. The lowest BCUT2D eigenvalue weighted by molar-refractivity contribution is 0.480. The molecule has 1 aliphatic rings. The second kappa shape index (κ2) is 2.36. The zero-order chi connectivity index (χ0) is 8.44.